The predicted octanol–water partition coefficient (Wildman–Crippen LogP) is 3.78. The highest BCUT2D eigenvalue weighted by Gasteiger charge is 2.19. The normalized spacial score (nSPS) is 19.4. The standard InChI is InChI=1S/C14H15BrO3/c15-12-3-1-2-4-13(12)18-11-7-5-10(6-8-11)9-14(16)17/h1-4,9,11H,5-8H2,(H,16,17). The lowest BCUT2D eigenvalue weighted by molar-refractivity contribution is -0.131. The third-order valence-corrected chi connectivity index (χ3v) is 3.69. The Bertz CT molecular complexity index is 458. The number of allylic oxidation sites excluding steroid dienone is 1. The minimum absolute atomic E-state index is 0.176. The Morgan fingerprint density at radius 2 is 2.00 bits per heavy atom. The van der Waals surface area contributed by atoms with Gasteiger partial charge in [-0.1, -0.05) is 17.7 Å². The molecule has 4 heteroatoms. The first kappa shape index (κ1) is 13.1. The highest BCUT2D eigenvalue weighted by molar-refractivity contribution is 9.10. The van der Waals surface area contributed by atoms with Crippen LogP contribution in [0, 0.1) is 0 Å². The van der Waals surface area contributed by atoms with Gasteiger partial charge in [-0.15, -0.1) is 0 Å². The van der Waals surface area contributed by atoms with Gasteiger partial charge in [-0.3, -0.25) is 0 Å². The number of carboxylic acid groups (broad SMARTS) is 1. The van der Waals surface area contributed by atoms with Gasteiger partial charge in [0.2, 0.25) is 0 Å². The van der Waals surface area contributed by atoms with Crippen LogP contribution < -0.4 is 4.74 Å². The molecule has 1 aromatic carbocycles. The molecule has 0 aromatic heterocycles. The number of benzene rings is 1. The van der Waals surface area contributed by atoms with E-state index >= 15 is 0 Å². The summed E-state index contributed by atoms with van der Waals surface area (Å²) in [5.74, 6) is 0.00309. The van der Waals surface area contributed by atoms with Crippen molar-refractivity contribution in [1.29, 1.82) is 0 Å². The van der Waals surface area contributed by atoms with Crippen molar-refractivity contribution in [2.24, 2.45) is 0 Å². The number of hydrogen-bond donors (Lipinski definition) is 1. The summed E-state index contributed by atoms with van der Waals surface area (Å²) in [6, 6.07) is 7.78. The molecule has 1 fully saturated rings. The van der Waals surface area contributed by atoms with Crippen molar-refractivity contribution < 1.29 is 14.6 Å². The molecule has 2 rings (SSSR count). The molecule has 96 valence electrons. The molecule has 0 bridgehead atoms. The molecule has 0 radical (unpaired) electrons. The molecule has 3 nitrogen and oxygen atoms in total. The largest absolute Gasteiger partial charge is 0.489 e. The number of halogens is 1. The van der Waals surface area contributed by atoms with Crippen molar-refractivity contribution in [3.63, 3.8) is 0 Å². The van der Waals surface area contributed by atoms with Gasteiger partial charge in [-0.05, 0) is 53.7 Å². The molecule has 1 aliphatic rings. The summed E-state index contributed by atoms with van der Waals surface area (Å²) in [5.41, 5.74) is 1.01. The van der Waals surface area contributed by atoms with E-state index in [4.69, 9.17) is 9.84 Å². The lowest BCUT2D eigenvalue weighted by atomic mass is 9.92. The summed E-state index contributed by atoms with van der Waals surface area (Å²) in [6.45, 7) is 0. The van der Waals surface area contributed by atoms with Crippen molar-refractivity contribution in [1.82, 2.24) is 0 Å². The Kier molecular flexibility index (Phi) is 4.42. The molecule has 18 heavy (non-hydrogen) atoms. The van der Waals surface area contributed by atoms with Crippen LogP contribution in [0.4, 0.5) is 0 Å². The maximum atomic E-state index is 10.6. The van der Waals surface area contributed by atoms with Crippen LogP contribution in [0.25, 0.3) is 0 Å². The van der Waals surface area contributed by atoms with Crippen LogP contribution in [0.3, 0.4) is 0 Å². The molecule has 1 aliphatic carbocycles. The number of para-hydroxylation sites is 1. The number of rotatable bonds is 3. The minimum Gasteiger partial charge on any atom is -0.489 e. The van der Waals surface area contributed by atoms with Gasteiger partial charge < -0.3 is 9.84 Å². The van der Waals surface area contributed by atoms with Gasteiger partial charge in [0.25, 0.3) is 0 Å². The van der Waals surface area contributed by atoms with Crippen molar-refractivity contribution in [3.05, 3.63) is 40.4 Å². The number of ether oxygens (including phenoxy) is 1. The van der Waals surface area contributed by atoms with E-state index in [0.717, 1.165) is 41.5 Å². The van der Waals surface area contributed by atoms with Crippen molar-refractivity contribution in [2.75, 3.05) is 0 Å². The van der Waals surface area contributed by atoms with Gasteiger partial charge in [-0.2, -0.15) is 0 Å². The first-order valence-electron chi connectivity index (χ1n) is 5.98. The zero-order valence-corrected chi connectivity index (χ0v) is 11.5. The van der Waals surface area contributed by atoms with Crippen LogP contribution >= 0.6 is 15.9 Å². The summed E-state index contributed by atoms with van der Waals surface area (Å²) in [7, 11) is 0. The van der Waals surface area contributed by atoms with E-state index in [2.05, 4.69) is 15.9 Å². The van der Waals surface area contributed by atoms with Crippen LogP contribution in [-0.2, 0) is 4.79 Å². The molecular formula is C14H15BrO3. The minimum atomic E-state index is -0.852. The van der Waals surface area contributed by atoms with E-state index in [0.29, 0.717) is 0 Å². The quantitative estimate of drug-likeness (QED) is 0.864. The summed E-state index contributed by atoms with van der Waals surface area (Å²) < 4.78 is 6.87. The second-order valence-corrected chi connectivity index (χ2v) is 5.24. The number of hydrogen-bond acceptors (Lipinski definition) is 2. The number of carbonyl (C=O) groups is 1. The van der Waals surface area contributed by atoms with Crippen LogP contribution in [0.5, 0.6) is 5.75 Å². The maximum absolute atomic E-state index is 10.6. The van der Waals surface area contributed by atoms with Gasteiger partial charge in [-0.25, -0.2) is 4.79 Å². The smallest absolute Gasteiger partial charge is 0.328 e. The SMILES string of the molecule is O=C(O)C=C1CCC(Oc2ccccc2Br)CC1. The molecular weight excluding hydrogens is 296 g/mol. The summed E-state index contributed by atoms with van der Waals surface area (Å²) >= 11 is 3.45. The Labute approximate surface area is 115 Å². The van der Waals surface area contributed by atoms with Gasteiger partial charge in [0.05, 0.1) is 10.6 Å². The van der Waals surface area contributed by atoms with Crippen molar-refractivity contribution in [3.8, 4) is 5.75 Å². The molecule has 0 spiro atoms. The molecule has 0 amide bonds. The topological polar surface area (TPSA) is 46.5 Å². The average molecular weight is 311 g/mol. The Hall–Kier alpha value is -1.29. The monoisotopic (exact) mass is 310 g/mol. The lowest BCUT2D eigenvalue weighted by Gasteiger charge is -2.25. The average Bonchev–Trinajstić information content (AvgIpc) is 2.34. The molecule has 0 atom stereocenters. The fourth-order valence-electron chi connectivity index (χ4n) is 2.12. The van der Waals surface area contributed by atoms with Crippen LogP contribution in [-0.4, -0.2) is 17.2 Å². The first-order chi connectivity index (χ1) is 8.65. The molecule has 0 unspecified atom stereocenters. The van der Waals surface area contributed by atoms with Crippen molar-refractivity contribution >= 4 is 21.9 Å². The van der Waals surface area contributed by atoms with Crippen molar-refractivity contribution in [2.45, 2.75) is 31.8 Å². The highest BCUT2D eigenvalue weighted by atomic mass is 79.9. The fourth-order valence-corrected chi connectivity index (χ4v) is 2.50. The fraction of sp³-hybridized carbons (Fsp3) is 0.357. The Morgan fingerprint density at radius 1 is 1.33 bits per heavy atom. The van der Waals surface area contributed by atoms with E-state index in [9.17, 15) is 4.79 Å². The molecule has 1 aromatic rings. The molecule has 0 heterocycles. The Morgan fingerprint density at radius 3 is 2.61 bits per heavy atom. The highest BCUT2D eigenvalue weighted by Crippen LogP contribution is 2.30. The zero-order valence-electron chi connectivity index (χ0n) is 9.93. The second-order valence-electron chi connectivity index (χ2n) is 4.39. The lowest BCUT2D eigenvalue weighted by Crippen LogP contribution is -2.21. The zero-order chi connectivity index (χ0) is 13.0. The maximum Gasteiger partial charge on any atom is 0.328 e. The van der Waals surface area contributed by atoms with Crippen LogP contribution in [0.15, 0.2) is 40.4 Å². The van der Waals surface area contributed by atoms with E-state index in [1.54, 1.807) is 0 Å². The summed E-state index contributed by atoms with van der Waals surface area (Å²) in [5, 5.41) is 8.69. The van der Waals surface area contributed by atoms with Gasteiger partial charge in [0.1, 0.15) is 5.75 Å². The first-order valence-corrected chi connectivity index (χ1v) is 6.78. The summed E-state index contributed by atoms with van der Waals surface area (Å²) in [6.07, 6.45) is 4.87. The number of carboxylic acids is 1. The van der Waals surface area contributed by atoms with E-state index in [1.165, 1.54) is 6.08 Å². The van der Waals surface area contributed by atoms with Crippen LogP contribution in [0.1, 0.15) is 25.7 Å². The molecule has 0 saturated heterocycles. The molecule has 1 N–H and O–H groups in total. The van der Waals surface area contributed by atoms with E-state index < -0.39 is 5.97 Å². The predicted molar refractivity (Wildman–Crippen MR) is 72.7 cm³/mol. The summed E-state index contributed by atoms with van der Waals surface area (Å²) in [4.78, 5) is 10.6. The second kappa shape index (κ2) is 6.05. The third-order valence-electron chi connectivity index (χ3n) is 3.03. The number of aliphatic carboxylic acids is 1. The van der Waals surface area contributed by atoms with Gasteiger partial charge in [0.15, 0.2) is 0 Å². The third kappa shape index (κ3) is 3.60. The van der Waals surface area contributed by atoms with Crippen LogP contribution in [0.2, 0.25) is 0 Å². The molecule has 0 aliphatic heterocycles. The van der Waals surface area contributed by atoms with Gasteiger partial charge in [0, 0.05) is 6.08 Å². The van der Waals surface area contributed by atoms with E-state index in [1.807, 2.05) is 24.3 Å². The Balaban J connectivity index is 1.91. The molecule has 1 saturated carbocycles. The van der Waals surface area contributed by atoms with Gasteiger partial charge >= 0.3 is 5.97 Å². The van der Waals surface area contributed by atoms with E-state index in [-0.39, 0.29) is 6.10 Å².